The standard InChI is InChI=1S/Cu.Fe.S.Sb. The summed E-state index contributed by atoms with van der Waals surface area (Å²) < 4.78 is 0. The van der Waals surface area contributed by atoms with Crippen LogP contribution in [-0.2, 0) is 31.5 Å². The van der Waals surface area contributed by atoms with Crippen molar-refractivity contribution in [2.45, 2.75) is 0 Å². The van der Waals surface area contributed by atoms with Gasteiger partial charge < -0.3 is 0 Å². The van der Waals surface area contributed by atoms with Gasteiger partial charge in [0.1, 0.15) is 0 Å². The molecule has 0 spiro atoms. The Bertz CT molecular complexity index is 8.00. The van der Waals surface area contributed by atoms with Crippen molar-refractivity contribution in [1.29, 1.82) is 0 Å². The van der Waals surface area contributed by atoms with Crippen LogP contribution >= 0.6 is 10.6 Å². The summed E-state index contributed by atoms with van der Waals surface area (Å²) in [6.07, 6.45) is 0. The molecule has 0 saturated heterocycles. The average Bonchev–Trinajstić information content (AvgIpc) is 1.00. The summed E-state index contributed by atoms with van der Waals surface area (Å²) in [6.45, 7) is 0. The fourth-order valence-electron chi connectivity index (χ4n) is 0. The summed E-state index contributed by atoms with van der Waals surface area (Å²) in [5.74, 6) is 0. The second-order valence-electron chi connectivity index (χ2n) is 0. The van der Waals surface area contributed by atoms with Crippen molar-refractivity contribution in [3.05, 3.63) is 0 Å². The van der Waals surface area contributed by atoms with E-state index in [1.807, 2.05) is 0 Å². The van der Waals surface area contributed by atoms with Crippen LogP contribution in [0.2, 0.25) is 0 Å². The Morgan fingerprint density at radius 1 is 1.25 bits per heavy atom. The molecule has 0 aliphatic heterocycles. The Balaban J connectivity index is -0.00000000500. The normalized spacial score (nSPS) is 1.50. The van der Waals surface area contributed by atoms with Gasteiger partial charge in [-0.3, -0.25) is 0 Å². The van der Waals surface area contributed by atoms with E-state index in [1.54, 1.807) is 0 Å². The van der Waals surface area contributed by atoms with Crippen molar-refractivity contribution in [1.82, 2.24) is 0 Å². The molecule has 0 fully saturated rings. The first kappa shape index (κ1) is 16.5. The Hall–Kier alpha value is 2.08. The zero-order chi connectivity index (χ0) is 2.00. The van der Waals surface area contributed by atoms with E-state index in [0.29, 0.717) is 0 Å². The first-order valence-electron chi connectivity index (χ1n) is 0.123. The topological polar surface area (TPSA) is 0 Å². The van der Waals surface area contributed by atoms with E-state index in [2.05, 4.69) is 24.9 Å². The largest absolute Gasteiger partial charge is 0 e. The van der Waals surface area contributed by atoms with Crippen LogP contribution in [-0.4, -0.2) is 24.4 Å². The summed E-state index contributed by atoms with van der Waals surface area (Å²) in [5.41, 5.74) is 0. The van der Waals surface area contributed by atoms with Crippen LogP contribution in [0.15, 0.2) is 0 Å². The molecule has 0 aliphatic rings. The second-order valence-corrected chi connectivity index (χ2v) is 0. The molecule has 0 aromatic rings. The number of hydrogen-bond acceptors (Lipinski definition) is 1. The molecule has 0 saturated carbocycles. The molecule has 4 heteroatoms. The zero-order valence-corrected chi connectivity index (χ0v) is 6.93. The van der Waals surface area contributed by atoms with Gasteiger partial charge in [-0.05, 0) is 0 Å². The van der Waals surface area contributed by atoms with Crippen LogP contribution in [0.5, 0.6) is 0 Å². The van der Waals surface area contributed by atoms with Crippen molar-refractivity contribution >= 4 is 35.0 Å². The molecule has 0 aromatic carbocycles. The van der Waals surface area contributed by atoms with Crippen LogP contribution < -0.4 is 0 Å². The summed E-state index contributed by atoms with van der Waals surface area (Å²) in [6, 6.07) is 0. The molecule has 0 amide bonds. The maximum absolute atomic E-state index is 3.77. The molecule has 3 radical (unpaired) electrons. The fraction of sp³-hybridized carbons (Fsp3) is 0. The summed E-state index contributed by atoms with van der Waals surface area (Å²) in [5, 5.41) is 0. The molecule has 0 N–H and O–H groups in total. The van der Waals surface area contributed by atoms with Crippen molar-refractivity contribution in [3.63, 3.8) is 0 Å². The van der Waals surface area contributed by atoms with E-state index in [9.17, 15) is 0 Å². The average molecular weight is 273 g/mol. The van der Waals surface area contributed by atoms with Gasteiger partial charge in [-0.15, -0.1) is 0 Å². The third-order valence-electron chi connectivity index (χ3n) is 0. The van der Waals surface area contributed by atoms with E-state index >= 15 is 0 Å². The van der Waals surface area contributed by atoms with Crippen LogP contribution in [0.3, 0.4) is 0 Å². The number of hydrogen-bond donors (Lipinski definition) is 0. The quantitative estimate of drug-likeness (QED) is 0.571. The van der Waals surface area contributed by atoms with Crippen molar-refractivity contribution in [2.75, 3.05) is 0 Å². The Morgan fingerprint density at radius 3 is 1.25 bits per heavy atom. The molecule has 0 heterocycles. The van der Waals surface area contributed by atoms with Gasteiger partial charge in [0.25, 0.3) is 0 Å². The van der Waals surface area contributed by atoms with Gasteiger partial charge in [0.05, 0.1) is 0 Å². The Morgan fingerprint density at radius 2 is 1.25 bits per heavy atom. The summed E-state index contributed by atoms with van der Waals surface area (Å²) >= 11 is 3.77. The fourth-order valence-corrected chi connectivity index (χ4v) is 0. The second kappa shape index (κ2) is 19.6. The van der Waals surface area contributed by atoms with E-state index in [1.165, 1.54) is 0 Å². The van der Waals surface area contributed by atoms with E-state index in [0.717, 1.165) is 0 Å². The minimum absolute atomic E-state index is 0. The minimum atomic E-state index is 0. The van der Waals surface area contributed by atoms with E-state index in [-0.39, 0.29) is 41.5 Å². The van der Waals surface area contributed by atoms with E-state index < -0.39 is 0 Å². The van der Waals surface area contributed by atoms with Gasteiger partial charge in [-0.1, -0.05) is 0 Å². The van der Waals surface area contributed by atoms with Gasteiger partial charge in [0, 0.05) is 41.5 Å². The van der Waals surface area contributed by atoms with E-state index in [4.69, 9.17) is 0 Å². The smallest absolute Gasteiger partial charge is 0 e. The molecule has 4 heavy (non-hydrogen) atoms. The molecule has 0 bridgehead atoms. The summed E-state index contributed by atoms with van der Waals surface area (Å²) in [4.78, 5) is 0. The van der Waals surface area contributed by atoms with Crippen LogP contribution in [0.1, 0.15) is 0 Å². The monoisotopic (exact) mass is 272 g/mol. The predicted molar refractivity (Wildman–Crippen MR) is 13.3 cm³/mol. The molecule has 0 aliphatic carbocycles. The van der Waals surface area contributed by atoms with Gasteiger partial charge in [-0.2, -0.15) is 0 Å². The Kier molecular flexibility index (Phi) is 80.9. The van der Waals surface area contributed by atoms with Gasteiger partial charge in [0.2, 0.25) is 0 Å². The molecule has 30 valence electrons. The van der Waals surface area contributed by atoms with Crippen LogP contribution in [0.4, 0.5) is 0 Å². The first-order valence-corrected chi connectivity index (χ1v) is 1.52. The molecular formula is CuFeSSb. The van der Waals surface area contributed by atoms with Crippen LogP contribution in [0, 0.1) is 0 Å². The molecule has 0 aromatic heterocycles. The van der Waals surface area contributed by atoms with Crippen molar-refractivity contribution in [3.8, 4) is 0 Å². The van der Waals surface area contributed by atoms with Crippen LogP contribution in [0.25, 0.3) is 0 Å². The minimum Gasteiger partial charge on any atom is 0 e. The third kappa shape index (κ3) is 8.95. The molecular weight excluding hydrogens is 273 g/mol. The van der Waals surface area contributed by atoms with Gasteiger partial charge in [0.15, 0.2) is 0 Å². The number of rotatable bonds is 0. The van der Waals surface area contributed by atoms with Crippen molar-refractivity contribution < 1.29 is 31.5 Å². The SMILES string of the molecule is [Fe].[S]=[Cu].[Sb]. The van der Waals surface area contributed by atoms with Crippen molar-refractivity contribution in [2.24, 2.45) is 0 Å². The molecule has 0 nitrogen and oxygen atoms in total. The predicted octanol–water partition coefficient (Wildman–Crippen LogP) is 0.262. The molecule has 0 unspecified atom stereocenters. The third-order valence-corrected chi connectivity index (χ3v) is 0. The molecule has 0 rings (SSSR count). The Labute approximate surface area is 65.7 Å². The molecule has 0 atom stereocenters. The van der Waals surface area contributed by atoms with Gasteiger partial charge >= 0.3 is 24.9 Å². The first-order chi connectivity index (χ1) is 1.00. The zero-order valence-electron chi connectivity index (χ0n) is 1.51. The van der Waals surface area contributed by atoms with Gasteiger partial charge in [-0.25, -0.2) is 0 Å². The maximum atomic E-state index is 3.77. The summed E-state index contributed by atoms with van der Waals surface area (Å²) in [7, 11) is 3.65. The maximum Gasteiger partial charge on any atom is 0 e.